The van der Waals surface area contributed by atoms with Gasteiger partial charge in [-0.1, -0.05) is 25.5 Å². The first-order chi connectivity index (χ1) is 13.1. The lowest BCUT2D eigenvalue weighted by atomic mass is 9.95. The summed E-state index contributed by atoms with van der Waals surface area (Å²) in [7, 11) is -0.724. The average Bonchev–Trinajstić information content (AvgIpc) is 3.47. The number of benzene rings is 1. The quantitative estimate of drug-likeness (QED) is 0.551. The van der Waals surface area contributed by atoms with Crippen LogP contribution in [0.5, 0.6) is 0 Å². The molecule has 2 aliphatic carbocycles. The van der Waals surface area contributed by atoms with E-state index >= 15 is 0 Å². The molecule has 150 valence electrons. The van der Waals surface area contributed by atoms with E-state index in [1.165, 1.54) is 6.07 Å². The minimum Gasteiger partial charge on any atom is -0.357 e. The molecule has 2 aliphatic rings. The second-order valence-corrected chi connectivity index (χ2v) is 9.79. The lowest BCUT2D eigenvalue weighted by Crippen LogP contribution is -2.47. The molecule has 27 heavy (non-hydrogen) atoms. The molecule has 2 fully saturated rings. The summed E-state index contributed by atoms with van der Waals surface area (Å²) in [4.78, 5) is 4.83. The Hall–Kier alpha value is -1.43. The van der Waals surface area contributed by atoms with Crippen LogP contribution in [-0.2, 0) is 16.2 Å². The van der Waals surface area contributed by atoms with Crippen molar-refractivity contribution in [2.75, 3.05) is 18.8 Å². The van der Waals surface area contributed by atoms with Crippen LogP contribution in [0, 0.1) is 5.82 Å². The Kier molecular flexibility index (Phi) is 6.90. The molecule has 6 heteroatoms. The van der Waals surface area contributed by atoms with E-state index in [0.717, 1.165) is 62.3 Å². The number of aliphatic imine (C=N–C) groups is 1. The first-order valence-electron chi connectivity index (χ1n) is 10.2. The Balaban J connectivity index is 1.64. The molecule has 2 N–H and O–H groups in total. The molecule has 0 spiro atoms. The van der Waals surface area contributed by atoms with Gasteiger partial charge in [-0.05, 0) is 56.7 Å². The maximum atomic E-state index is 13.6. The van der Waals surface area contributed by atoms with Gasteiger partial charge in [-0.2, -0.15) is 0 Å². The first-order valence-corrected chi connectivity index (χ1v) is 11.6. The molecule has 2 saturated carbocycles. The molecule has 0 bridgehead atoms. The molecule has 1 aromatic rings. The zero-order valence-electron chi connectivity index (χ0n) is 16.5. The van der Waals surface area contributed by atoms with Gasteiger partial charge in [-0.15, -0.1) is 0 Å². The monoisotopic (exact) mass is 393 g/mol. The van der Waals surface area contributed by atoms with Crippen LogP contribution in [0.15, 0.2) is 29.3 Å². The summed E-state index contributed by atoms with van der Waals surface area (Å²) in [6.07, 6.45) is 6.33. The second kappa shape index (κ2) is 9.18. The Bertz CT molecular complexity index is 690. The van der Waals surface area contributed by atoms with Gasteiger partial charge < -0.3 is 10.6 Å². The third kappa shape index (κ3) is 5.31. The predicted octanol–water partition coefficient (Wildman–Crippen LogP) is 3.49. The zero-order chi connectivity index (χ0) is 19.3. The summed E-state index contributed by atoms with van der Waals surface area (Å²) in [5.41, 5.74) is 1.04. The van der Waals surface area contributed by atoms with Crippen molar-refractivity contribution in [3.05, 3.63) is 35.6 Å². The van der Waals surface area contributed by atoms with Crippen molar-refractivity contribution in [2.24, 2.45) is 4.99 Å². The maximum absolute atomic E-state index is 13.6. The fraction of sp³-hybridized carbons (Fsp3) is 0.667. The van der Waals surface area contributed by atoms with Gasteiger partial charge in [0.1, 0.15) is 5.82 Å². The van der Waals surface area contributed by atoms with Crippen molar-refractivity contribution in [3.63, 3.8) is 0 Å². The minimum atomic E-state index is -0.724. The standard InChI is InChI=1S/C21H32FN3OS/c1-3-23-20(25-18-9-6-10-19(14-18)27(26)4-2)24-15-21(11-12-21)16-7-5-8-17(22)13-16/h5,7-8,13,18-19H,3-4,6,9-12,14-15H2,1-2H3,(H2,23,24,25). The zero-order valence-corrected chi connectivity index (χ0v) is 17.3. The molecule has 0 saturated heterocycles. The van der Waals surface area contributed by atoms with Gasteiger partial charge in [0.25, 0.3) is 0 Å². The van der Waals surface area contributed by atoms with Gasteiger partial charge in [0.15, 0.2) is 5.96 Å². The second-order valence-electron chi connectivity index (χ2n) is 7.79. The van der Waals surface area contributed by atoms with Gasteiger partial charge in [-0.3, -0.25) is 9.20 Å². The van der Waals surface area contributed by atoms with Crippen LogP contribution in [0.3, 0.4) is 0 Å². The van der Waals surface area contributed by atoms with Crippen molar-refractivity contribution in [1.29, 1.82) is 0 Å². The van der Waals surface area contributed by atoms with Crippen molar-refractivity contribution in [2.45, 2.75) is 69.1 Å². The lowest BCUT2D eigenvalue weighted by molar-refractivity contribution is 0.413. The van der Waals surface area contributed by atoms with Crippen LogP contribution in [0.4, 0.5) is 4.39 Å². The Morgan fingerprint density at radius 3 is 2.81 bits per heavy atom. The number of hydrogen-bond donors (Lipinski definition) is 2. The normalized spacial score (nSPS) is 25.7. The lowest BCUT2D eigenvalue weighted by Gasteiger charge is -2.30. The molecule has 4 nitrogen and oxygen atoms in total. The molecule has 3 atom stereocenters. The van der Waals surface area contributed by atoms with Crippen LogP contribution in [0.25, 0.3) is 0 Å². The third-order valence-corrected chi connectivity index (χ3v) is 7.54. The summed E-state index contributed by atoms with van der Waals surface area (Å²) in [5.74, 6) is 1.39. The van der Waals surface area contributed by atoms with Crippen molar-refractivity contribution in [3.8, 4) is 0 Å². The number of guanidine groups is 1. The van der Waals surface area contributed by atoms with Crippen LogP contribution >= 0.6 is 0 Å². The first kappa shape index (κ1) is 20.3. The summed E-state index contributed by atoms with van der Waals surface area (Å²) >= 11 is 0. The molecular weight excluding hydrogens is 361 g/mol. The number of hydrogen-bond acceptors (Lipinski definition) is 2. The molecule has 0 amide bonds. The Morgan fingerprint density at radius 2 is 2.15 bits per heavy atom. The topological polar surface area (TPSA) is 53.5 Å². The number of rotatable bonds is 7. The van der Waals surface area contributed by atoms with Crippen LogP contribution in [0.2, 0.25) is 0 Å². The van der Waals surface area contributed by atoms with Crippen LogP contribution in [0.1, 0.15) is 57.9 Å². The largest absolute Gasteiger partial charge is 0.357 e. The molecule has 0 aliphatic heterocycles. The molecule has 3 unspecified atom stereocenters. The predicted molar refractivity (Wildman–Crippen MR) is 111 cm³/mol. The SMILES string of the molecule is CCNC(=NCC1(c2cccc(F)c2)CC1)NC1CCCC(S(=O)CC)C1. The van der Waals surface area contributed by atoms with Crippen molar-refractivity contribution < 1.29 is 8.60 Å². The molecular formula is C21H32FN3OS. The molecule has 0 heterocycles. The smallest absolute Gasteiger partial charge is 0.191 e. The third-order valence-electron chi connectivity index (χ3n) is 5.80. The van der Waals surface area contributed by atoms with E-state index in [9.17, 15) is 8.60 Å². The molecule has 0 radical (unpaired) electrons. The van der Waals surface area contributed by atoms with E-state index in [1.807, 2.05) is 13.0 Å². The van der Waals surface area contributed by atoms with Crippen LogP contribution in [-0.4, -0.2) is 40.3 Å². The summed E-state index contributed by atoms with van der Waals surface area (Å²) in [6.45, 7) is 5.53. The van der Waals surface area contributed by atoms with E-state index in [2.05, 4.69) is 17.6 Å². The fourth-order valence-electron chi connectivity index (χ4n) is 4.00. The van der Waals surface area contributed by atoms with E-state index in [4.69, 9.17) is 4.99 Å². The highest BCUT2D eigenvalue weighted by Gasteiger charge is 2.44. The van der Waals surface area contributed by atoms with Gasteiger partial charge in [-0.25, -0.2) is 4.39 Å². The van der Waals surface area contributed by atoms with Crippen LogP contribution < -0.4 is 10.6 Å². The molecule has 1 aromatic carbocycles. The van der Waals surface area contributed by atoms with Gasteiger partial charge in [0.05, 0.1) is 6.54 Å². The maximum Gasteiger partial charge on any atom is 0.191 e. The molecule has 3 rings (SSSR count). The van der Waals surface area contributed by atoms with E-state index in [0.29, 0.717) is 17.8 Å². The summed E-state index contributed by atoms with van der Waals surface area (Å²) in [6, 6.07) is 7.26. The Morgan fingerprint density at radius 1 is 1.33 bits per heavy atom. The molecule has 0 aromatic heterocycles. The highest BCUT2D eigenvalue weighted by atomic mass is 32.2. The highest BCUT2D eigenvalue weighted by molar-refractivity contribution is 7.85. The number of halogens is 1. The fourth-order valence-corrected chi connectivity index (χ4v) is 5.35. The number of nitrogens with one attached hydrogen (secondary N) is 2. The summed E-state index contributed by atoms with van der Waals surface area (Å²) in [5, 5.41) is 7.20. The van der Waals surface area contributed by atoms with Gasteiger partial charge in [0, 0.05) is 39.8 Å². The average molecular weight is 394 g/mol. The highest BCUT2D eigenvalue weighted by Crippen LogP contribution is 2.48. The van der Waals surface area contributed by atoms with E-state index in [1.54, 1.807) is 12.1 Å². The minimum absolute atomic E-state index is 0.0107. The summed E-state index contributed by atoms with van der Waals surface area (Å²) < 4.78 is 25.8. The van der Waals surface area contributed by atoms with E-state index < -0.39 is 10.8 Å². The van der Waals surface area contributed by atoms with Gasteiger partial charge in [0.2, 0.25) is 0 Å². The van der Waals surface area contributed by atoms with E-state index in [-0.39, 0.29) is 11.2 Å². The Labute approximate surface area is 164 Å². The van der Waals surface area contributed by atoms with Crippen molar-refractivity contribution >= 4 is 16.8 Å². The van der Waals surface area contributed by atoms with Gasteiger partial charge >= 0.3 is 0 Å². The number of nitrogens with zero attached hydrogens (tertiary/aromatic N) is 1. The van der Waals surface area contributed by atoms with Crippen molar-refractivity contribution in [1.82, 2.24) is 10.6 Å².